The fourth-order valence-electron chi connectivity index (χ4n) is 2.41. The number of benzene rings is 1. The highest BCUT2D eigenvalue weighted by Gasteiger charge is 2.21. The molecule has 0 fully saturated rings. The Morgan fingerprint density at radius 2 is 1.90 bits per heavy atom. The first kappa shape index (κ1) is 15.5. The molecule has 2 aromatic rings. The highest BCUT2D eigenvalue weighted by molar-refractivity contribution is 5.23. The number of pyridine rings is 1. The van der Waals surface area contributed by atoms with Gasteiger partial charge < -0.3 is 5.73 Å². The molecule has 0 saturated carbocycles. The van der Waals surface area contributed by atoms with Crippen LogP contribution < -0.4 is 5.73 Å². The molecule has 1 aromatic heterocycles. The number of likely N-dealkylation sites (N-methyl/N-ethyl adjacent to an activating group) is 1. The van der Waals surface area contributed by atoms with E-state index in [1.165, 1.54) is 6.07 Å². The number of hydrogen-bond donors (Lipinski definition) is 1. The van der Waals surface area contributed by atoms with E-state index >= 15 is 0 Å². The summed E-state index contributed by atoms with van der Waals surface area (Å²) in [5, 5.41) is 0. The molecule has 0 aliphatic heterocycles. The van der Waals surface area contributed by atoms with E-state index in [1.807, 2.05) is 24.0 Å². The summed E-state index contributed by atoms with van der Waals surface area (Å²) >= 11 is 0. The van der Waals surface area contributed by atoms with E-state index in [-0.39, 0.29) is 12.6 Å². The van der Waals surface area contributed by atoms with Gasteiger partial charge in [0.15, 0.2) is 0 Å². The average molecular weight is 291 g/mol. The van der Waals surface area contributed by atoms with E-state index in [9.17, 15) is 8.78 Å². The second-order valence-corrected chi connectivity index (χ2v) is 4.84. The van der Waals surface area contributed by atoms with Gasteiger partial charge in [-0.05, 0) is 42.4 Å². The monoisotopic (exact) mass is 291 g/mol. The standard InChI is InChI=1S/C16H19F2N3/c1-2-21(11-12-5-7-20-8-6-12)16(10-19)14-9-13(17)3-4-15(14)18/h3-9,16H,2,10-11,19H2,1H3. The van der Waals surface area contributed by atoms with Crippen molar-refractivity contribution in [3.05, 3.63) is 65.5 Å². The third-order valence-corrected chi connectivity index (χ3v) is 3.52. The lowest BCUT2D eigenvalue weighted by atomic mass is 10.0. The molecule has 0 aliphatic rings. The molecule has 2 rings (SSSR count). The molecule has 1 unspecified atom stereocenters. The van der Waals surface area contributed by atoms with Crippen molar-refractivity contribution < 1.29 is 8.78 Å². The molecule has 2 N–H and O–H groups in total. The van der Waals surface area contributed by atoms with Crippen molar-refractivity contribution in [1.82, 2.24) is 9.88 Å². The number of rotatable bonds is 6. The summed E-state index contributed by atoms with van der Waals surface area (Å²) in [6, 6.07) is 6.93. The second-order valence-electron chi connectivity index (χ2n) is 4.84. The van der Waals surface area contributed by atoms with Gasteiger partial charge in [0.1, 0.15) is 11.6 Å². The molecule has 5 heteroatoms. The Hall–Kier alpha value is -1.85. The van der Waals surface area contributed by atoms with Crippen LogP contribution in [-0.2, 0) is 6.54 Å². The van der Waals surface area contributed by atoms with Gasteiger partial charge in [0.05, 0.1) is 6.04 Å². The number of hydrogen-bond acceptors (Lipinski definition) is 3. The molecule has 0 radical (unpaired) electrons. The largest absolute Gasteiger partial charge is 0.329 e. The van der Waals surface area contributed by atoms with Crippen molar-refractivity contribution in [2.75, 3.05) is 13.1 Å². The maximum absolute atomic E-state index is 14.0. The van der Waals surface area contributed by atoms with Gasteiger partial charge in [0.2, 0.25) is 0 Å². The highest BCUT2D eigenvalue weighted by atomic mass is 19.1. The second kappa shape index (κ2) is 7.24. The third kappa shape index (κ3) is 3.83. The SMILES string of the molecule is CCN(Cc1ccncc1)C(CN)c1cc(F)ccc1F. The Labute approximate surface area is 123 Å². The fraction of sp³-hybridized carbons (Fsp3) is 0.312. The van der Waals surface area contributed by atoms with Crippen LogP contribution in [0.2, 0.25) is 0 Å². The summed E-state index contributed by atoms with van der Waals surface area (Å²) < 4.78 is 27.4. The van der Waals surface area contributed by atoms with Crippen LogP contribution in [0.1, 0.15) is 24.1 Å². The quantitative estimate of drug-likeness (QED) is 0.890. The van der Waals surface area contributed by atoms with Gasteiger partial charge in [-0.25, -0.2) is 8.78 Å². The van der Waals surface area contributed by atoms with Crippen LogP contribution in [0.25, 0.3) is 0 Å². The zero-order valence-corrected chi connectivity index (χ0v) is 12.0. The smallest absolute Gasteiger partial charge is 0.128 e. The molecule has 3 nitrogen and oxygen atoms in total. The van der Waals surface area contributed by atoms with Crippen LogP contribution in [0.4, 0.5) is 8.78 Å². The van der Waals surface area contributed by atoms with Gasteiger partial charge in [-0.15, -0.1) is 0 Å². The Morgan fingerprint density at radius 3 is 2.52 bits per heavy atom. The van der Waals surface area contributed by atoms with Crippen molar-refractivity contribution in [3.8, 4) is 0 Å². The lowest BCUT2D eigenvalue weighted by Gasteiger charge is -2.30. The third-order valence-electron chi connectivity index (χ3n) is 3.52. The first-order chi connectivity index (χ1) is 10.2. The normalized spacial score (nSPS) is 12.6. The maximum Gasteiger partial charge on any atom is 0.128 e. The summed E-state index contributed by atoms with van der Waals surface area (Å²) in [4.78, 5) is 6.00. The first-order valence-electron chi connectivity index (χ1n) is 6.93. The fourth-order valence-corrected chi connectivity index (χ4v) is 2.41. The van der Waals surface area contributed by atoms with E-state index in [2.05, 4.69) is 4.98 Å². The lowest BCUT2D eigenvalue weighted by Crippen LogP contribution is -2.34. The molecular formula is C16H19F2N3. The molecule has 1 aromatic carbocycles. The van der Waals surface area contributed by atoms with Crippen LogP contribution in [0.15, 0.2) is 42.7 Å². The van der Waals surface area contributed by atoms with E-state index in [1.54, 1.807) is 12.4 Å². The van der Waals surface area contributed by atoms with Crippen molar-refractivity contribution in [2.24, 2.45) is 5.73 Å². The molecule has 1 atom stereocenters. The van der Waals surface area contributed by atoms with E-state index in [0.29, 0.717) is 18.7 Å². The highest BCUT2D eigenvalue weighted by Crippen LogP contribution is 2.25. The Bertz CT molecular complexity index is 575. The predicted molar refractivity (Wildman–Crippen MR) is 78.5 cm³/mol. The molecule has 0 spiro atoms. The van der Waals surface area contributed by atoms with Gasteiger partial charge in [-0.3, -0.25) is 9.88 Å². The number of halogens is 2. The topological polar surface area (TPSA) is 42.2 Å². The maximum atomic E-state index is 14.0. The first-order valence-corrected chi connectivity index (χ1v) is 6.93. The summed E-state index contributed by atoms with van der Waals surface area (Å²) in [5.74, 6) is -0.884. The van der Waals surface area contributed by atoms with E-state index in [4.69, 9.17) is 5.73 Å². The van der Waals surface area contributed by atoms with Gasteiger partial charge in [-0.1, -0.05) is 6.92 Å². The average Bonchev–Trinajstić information content (AvgIpc) is 2.51. The zero-order valence-electron chi connectivity index (χ0n) is 12.0. The van der Waals surface area contributed by atoms with Crippen LogP contribution >= 0.6 is 0 Å². The Kier molecular flexibility index (Phi) is 5.36. The van der Waals surface area contributed by atoms with Gasteiger partial charge >= 0.3 is 0 Å². The Balaban J connectivity index is 2.27. The van der Waals surface area contributed by atoms with Crippen LogP contribution in [0.5, 0.6) is 0 Å². The van der Waals surface area contributed by atoms with Crippen molar-refractivity contribution in [1.29, 1.82) is 0 Å². The number of nitrogens with two attached hydrogens (primary N) is 1. The van der Waals surface area contributed by atoms with Crippen molar-refractivity contribution >= 4 is 0 Å². The molecule has 0 saturated heterocycles. The summed E-state index contributed by atoms with van der Waals surface area (Å²) in [6.45, 7) is 3.48. The van der Waals surface area contributed by atoms with Crippen LogP contribution in [0.3, 0.4) is 0 Å². The molecule has 21 heavy (non-hydrogen) atoms. The molecule has 112 valence electrons. The minimum absolute atomic E-state index is 0.222. The van der Waals surface area contributed by atoms with Crippen molar-refractivity contribution in [3.63, 3.8) is 0 Å². The predicted octanol–water partition coefficient (Wildman–Crippen LogP) is 2.88. The number of nitrogens with zero attached hydrogens (tertiary/aromatic N) is 2. The minimum atomic E-state index is -0.454. The molecule has 0 amide bonds. The van der Waals surface area contributed by atoms with Crippen LogP contribution in [0, 0.1) is 11.6 Å². The molecule has 0 aliphatic carbocycles. The summed E-state index contributed by atoms with van der Waals surface area (Å²) in [5.41, 5.74) is 7.17. The van der Waals surface area contributed by atoms with E-state index in [0.717, 1.165) is 17.7 Å². The molecule has 0 bridgehead atoms. The van der Waals surface area contributed by atoms with Crippen LogP contribution in [-0.4, -0.2) is 23.0 Å². The van der Waals surface area contributed by atoms with Crippen molar-refractivity contribution in [2.45, 2.75) is 19.5 Å². The van der Waals surface area contributed by atoms with Gasteiger partial charge in [-0.2, -0.15) is 0 Å². The number of aromatic nitrogens is 1. The molecular weight excluding hydrogens is 272 g/mol. The summed E-state index contributed by atoms with van der Waals surface area (Å²) in [7, 11) is 0. The zero-order chi connectivity index (χ0) is 15.2. The molecule has 1 heterocycles. The van der Waals surface area contributed by atoms with Gasteiger partial charge in [0, 0.05) is 31.0 Å². The Morgan fingerprint density at radius 1 is 1.19 bits per heavy atom. The van der Waals surface area contributed by atoms with Gasteiger partial charge in [0.25, 0.3) is 0 Å². The summed E-state index contributed by atoms with van der Waals surface area (Å²) in [6.07, 6.45) is 3.42. The lowest BCUT2D eigenvalue weighted by molar-refractivity contribution is 0.199. The minimum Gasteiger partial charge on any atom is -0.329 e. The van der Waals surface area contributed by atoms with E-state index < -0.39 is 11.6 Å².